The van der Waals surface area contributed by atoms with Crippen LogP contribution in [0.15, 0.2) is 54.6 Å². The molecule has 9 nitrogen and oxygen atoms in total. The Bertz CT molecular complexity index is 1010. The average Bonchev–Trinajstić information content (AvgIpc) is 3.33. The van der Waals surface area contributed by atoms with Crippen molar-refractivity contribution in [3.05, 3.63) is 54.6 Å². The number of sulfonamides is 1. The van der Waals surface area contributed by atoms with E-state index in [4.69, 9.17) is 18.9 Å². The third-order valence-corrected chi connectivity index (χ3v) is 6.76. The Balaban J connectivity index is 1.28. The predicted octanol–water partition coefficient (Wildman–Crippen LogP) is 2.89. The number of carbonyl (C=O) groups excluding carboxylic acids is 1. The lowest BCUT2D eigenvalue weighted by Crippen LogP contribution is -2.45. The Labute approximate surface area is 187 Å². The number of carbonyl (C=O) groups is 1. The van der Waals surface area contributed by atoms with E-state index in [1.54, 1.807) is 31.2 Å². The topological polar surface area (TPSA) is 112 Å². The molecule has 2 N–H and O–H groups in total. The Kier molecular flexibility index (Phi) is 6.95. The maximum absolute atomic E-state index is 12.3. The Morgan fingerprint density at radius 2 is 1.69 bits per heavy atom. The van der Waals surface area contributed by atoms with Crippen LogP contribution in [0.4, 0.5) is 10.5 Å². The summed E-state index contributed by atoms with van der Waals surface area (Å²) in [7, 11) is -3.40. The quantitative estimate of drug-likeness (QED) is 0.620. The van der Waals surface area contributed by atoms with Crippen LogP contribution >= 0.6 is 0 Å². The summed E-state index contributed by atoms with van der Waals surface area (Å²) in [6.07, 6.45) is -1.76. The molecule has 2 aromatic rings. The predicted molar refractivity (Wildman–Crippen MR) is 117 cm³/mol. The van der Waals surface area contributed by atoms with Crippen molar-refractivity contribution in [1.82, 2.24) is 4.72 Å². The molecule has 2 aliphatic rings. The van der Waals surface area contributed by atoms with Crippen LogP contribution in [0.1, 0.15) is 13.3 Å². The van der Waals surface area contributed by atoms with Gasteiger partial charge in [0.1, 0.15) is 23.7 Å². The van der Waals surface area contributed by atoms with Crippen molar-refractivity contribution < 1.29 is 32.2 Å². The molecular weight excluding hydrogens is 436 g/mol. The molecule has 0 aliphatic carbocycles. The van der Waals surface area contributed by atoms with Crippen molar-refractivity contribution in [2.75, 3.05) is 24.3 Å². The van der Waals surface area contributed by atoms with E-state index in [1.165, 1.54) is 0 Å². The number of fused-ring (bicyclic) bond motifs is 1. The van der Waals surface area contributed by atoms with E-state index in [9.17, 15) is 13.2 Å². The van der Waals surface area contributed by atoms with Gasteiger partial charge in [-0.1, -0.05) is 25.1 Å². The van der Waals surface area contributed by atoms with Gasteiger partial charge in [0.05, 0.1) is 25.0 Å². The third kappa shape index (κ3) is 5.57. The molecule has 10 heteroatoms. The van der Waals surface area contributed by atoms with Crippen molar-refractivity contribution in [2.45, 2.75) is 37.7 Å². The zero-order valence-corrected chi connectivity index (χ0v) is 18.4. The van der Waals surface area contributed by atoms with E-state index in [-0.39, 0.29) is 19.0 Å². The van der Waals surface area contributed by atoms with Crippen LogP contribution in [0, 0.1) is 0 Å². The minimum atomic E-state index is -3.40. The summed E-state index contributed by atoms with van der Waals surface area (Å²) in [5.74, 6) is 1.40. The monoisotopic (exact) mass is 462 g/mol. The highest BCUT2D eigenvalue weighted by atomic mass is 32.2. The summed E-state index contributed by atoms with van der Waals surface area (Å²) in [5.41, 5.74) is 0.545. The number of nitrogens with one attached hydrogen (secondary N) is 2. The lowest BCUT2D eigenvalue weighted by Gasteiger charge is -2.18. The highest BCUT2D eigenvalue weighted by Gasteiger charge is 2.50. The van der Waals surface area contributed by atoms with Gasteiger partial charge >= 0.3 is 6.09 Å². The molecule has 2 heterocycles. The molecule has 32 heavy (non-hydrogen) atoms. The molecule has 0 bridgehead atoms. The van der Waals surface area contributed by atoms with Gasteiger partial charge in [0.15, 0.2) is 6.10 Å². The molecule has 0 aromatic heterocycles. The Morgan fingerprint density at radius 3 is 2.41 bits per heavy atom. The number of para-hydroxylation sites is 1. The van der Waals surface area contributed by atoms with Gasteiger partial charge in [-0.05, 0) is 42.8 Å². The second-order valence-corrected chi connectivity index (χ2v) is 9.52. The normalized spacial score (nSPS) is 24.7. The lowest BCUT2D eigenvalue weighted by atomic mass is 10.1. The molecular formula is C22H26N2O7S. The van der Waals surface area contributed by atoms with Crippen LogP contribution in [0.2, 0.25) is 0 Å². The fourth-order valence-electron chi connectivity index (χ4n) is 3.74. The molecule has 1 amide bonds. The van der Waals surface area contributed by atoms with Crippen molar-refractivity contribution >= 4 is 21.8 Å². The largest absolute Gasteiger partial charge is 0.457 e. The second-order valence-electron chi connectivity index (χ2n) is 7.65. The standard InChI is InChI=1S/C22H26N2O7S/c1-2-12-32(26,27)24-18-13-28-21-19(14-29-20(18)21)31-22(25)23-15-8-10-17(11-9-15)30-16-6-4-3-5-7-16/h3-11,18-21,24H,2,12-14H2,1H3,(H,23,25)/t18-,19+,20+,21+/m0/s1. The summed E-state index contributed by atoms with van der Waals surface area (Å²) in [4.78, 5) is 12.3. The molecule has 2 saturated heterocycles. The molecule has 0 unspecified atom stereocenters. The van der Waals surface area contributed by atoms with Gasteiger partial charge in [-0.2, -0.15) is 0 Å². The van der Waals surface area contributed by atoms with Crippen molar-refractivity contribution in [2.24, 2.45) is 0 Å². The van der Waals surface area contributed by atoms with E-state index in [0.717, 1.165) is 5.75 Å². The SMILES string of the molecule is CCCS(=O)(=O)N[C@H]1CO[C@H]2[C@@H]1OC[C@H]2OC(=O)Nc1ccc(Oc2ccccc2)cc1. The fraction of sp³-hybridized carbons (Fsp3) is 0.409. The molecule has 172 valence electrons. The van der Waals surface area contributed by atoms with Crippen molar-refractivity contribution in [1.29, 1.82) is 0 Å². The number of anilines is 1. The zero-order valence-electron chi connectivity index (χ0n) is 17.6. The number of ether oxygens (including phenoxy) is 4. The average molecular weight is 463 g/mol. The molecule has 0 radical (unpaired) electrons. The summed E-state index contributed by atoms with van der Waals surface area (Å²) >= 11 is 0. The second kappa shape index (κ2) is 9.86. The van der Waals surface area contributed by atoms with Crippen LogP contribution in [0.5, 0.6) is 11.5 Å². The van der Waals surface area contributed by atoms with Crippen molar-refractivity contribution in [3.8, 4) is 11.5 Å². The summed E-state index contributed by atoms with van der Waals surface area (Å²) < 4.78 is 49.2. The zero-order chi connectivity index (χ0) is 22.6. The number of amides is 1. The van der Waals surface area contributed by atoms with Crippen LogP contribution in [0.3, 0.4) is 0 Å². The van der Waals surface area contributed by atoms with Crippen molar-refractivity contribution in [3.63, 3.8) is 0 Å². The summed E-state index contributed by atoms with van der Waals surface area (Å²) in [6, 6.07) is 15.8. The first-order valence-corrected chi connectivity index (χ1v) is 12.1. The molecule has 4 rings (SSSR count). The molecule has 2 aliphatic heterocycles. The smallest absolute Gasteiger partial charge is 0.412 e. The van der Waals surface area contributed by atoms with Crippen LogP contribution in [-0.2, 0) is 24.2 Å². The molecule has 0 spiro atoms. The van der Waals surface area contributed by atoms with Gasteiger partial charge in [0.25, 0.3) is 0 Å². The van der Waals surface area contributed by atoms with Gasteiger partial charge in [0, 0.05) is 5.69 Å². The van der Waals surface area contributed by atoms with Gasteiger partial charge in [0.2, 0.25) is 10.0 Å². The number of hydrogen-bond donors (Lipinski definition) is 2. The maximum atomic E-state index is 12.3. The highest BCUT2D eigenvalue weighted by molar-refractivity contribution is 7.89. The minimum Gasteiger partial charge on any atom is -0.457 e. The van der Waals surface area contributed by atoms with Gasteiger partial charge in [-0.3, -0.25) is 5.32 Å². The first-order valence-electron chi connectivity index (χ1n) is 10.5. The van der Waals surface area contributed by atoms with Gasteiger partial charge < -0.3 is 18.9 Å². The first kappa shape index (κ1) is 22.5. The van der Waals surface area contributed by atoms with Gasteiger partial charge in [-0.25, -0.2) is 17.9 Å². The van der Waals surface area contributed by atoms with E-state index in [2.05, 4.69) is 10.0 Å². The van der Waals surface area contributed by atoms with E-state index < -0.39 is 40.5 Å². The molecule has 2 aromatic carbocycles. The van der Waals surface area contributed by atoms with Crippen LogP contribution in [-0.4, -0.2) is 57.8 Å². The minimum absolute atomic E-state index is 0.0401. The van der Waals surface area contributed by atoms with Crippen LogP contribution < -0.4 is 14.8 Å². The first-order chi connectivity index (χ1) is 15.4. The fourth-order valence-corrected chi connectivity index (χ4v) is 5.06. The Morgan fingerprint density at radius 1 is 1.00 bits per heavy atom. The number of rotatable bonds is 8. The molecule has 2 fully saturated rings. The molecule has 0 saturated carbocycles. The van der Waals surface area contributed by atoms with E-state index in [0.29, 0.717) is 17.9 Å². The Hall–Kier alpha value is -2.66. The number of benzene rings is 2. The molecule has 4 atom stereocenters. The van der Waals surface area contributed by atoms with Gasteiger partial charge in [-0.15, -0.1) is 0 Å². The number of hydrogen-bond acceptors (Lipinski definition) is 7. The summed E-state index contributed by atoms with van der Waals surface area (Å²) in [6.45, 7) is 2.10. The highest BCUT2D eigenvalue weighted by Crippen LogP contribution is 2.30. The van der Waals surface area contributed by atoms with E-state index in [1.807, 2.05) is 30.3 Å². The third-order valence-electron chi connectivity index (χ3n) is 5.15. The maximum Gasteiger partial charge on any atom is 0.412 e. The van der Waals surface area contributed by atoms with E-state index >= 15 is 0 Å². The van der Waals surface area contributed by atoms with Crippen LogP contribution in [0.25, 0.3) is 0 Å². The lowest BCUT2D eigenvalue weighted by molar-refractivity contribution is 0.00883. The summed E-state index contributed by atoms with van der Waals surface area (Å²) in [5, 5.41) is 2.67.